The maximum Gasteiger partial charge on any atom is 0.368 e. The van der Waals surface area contributed by atoms with Crippen molar-refractivity contribution >= 4 is 0 Å². The first-order valence-electron chi connectivity index (χ1n) is 4.69. The van der Waals surface area contributed by atoms with E-state index in [1.165, 1.54) is 0 Å². The molecule has 0 spiro atoms. The molecular formula is C11H18NO+. The summed E-state index contributed by atoms with van der Waals surface area (Å²) in [5, 5.41) is 0. The molecule has 1 heterocycles. The van der Waals surface area contributed by atoms with Crippen LogP contribution in [0.2, 0.25) is 0 Å². The van der Waals surface area contributed by atoms with Gasteiger partial charge in [0.1, 0.15) is 0 Å². The van der Waals surface area contributed by atoms with Crippen molar-refractivity contribution in [3.05, 3.63) is 24.4 Å². The van der Waals surface area contributed by atoms with Gasteiger partial charge in [-0.25, -0.2) is 0 Å². The number of pyridine rings is 1. The van der Waals surface area contributed by atoms with E-state index in [1.54, 1.807) is 0 Å². The average Bonchev–Trinajstić information content (AvgIpc) is 2.04. The van der Waals surface area contributed by atoms with Crippen LogP contribution in [0, 0.1) is 0 Å². The molecule has 0 amide bonds. The Morgan fingerprint density at radius 1 is 1.31 bits per heavy atom. The number of nitrogens with zero attached hydrogens (tertiary/aromatic N) is 1. The van der Waals surface area contributed by atoms with E-state index in [4.69, 9.17) is 4.74 Å². The van der Waals surface area contributed by atoms with Gasteiger partial charge in [0.2, 0.25) is 0 Å². The second kappa shape index (κ2) is 3.77. The Labute approximate surface area is 80.2 Å². The van der Waals surface area contributed by atoms with Crippen LogP contribution in [0.3, 0.4) is 0 Å². The number of rotatable bonds is 2. The van der Waals surface area contributed by atoms with Crippen molar-refractivity contribution in [2.75, 3.05) is 6.61 Å². The van der Waals surface area contributed by atoms with Crippen LogP contribution in [0.1, 0.15) is 27.7 Å². The van der Waals surface area contributed by atoms with Gasteiger partial charge in [0.15, 0.2) is 11.7 Å². The third-order valence-corrected chi connectivity index (χ3v) is 1.84. The lowest BCUT2D eigenvalue weighted by Gasteiger charge is -2.15. The van der Waals surface area contributed by atoms with Crippen molar-refractivity contribution < 1.29 is 9.30 Å². The summed E-state index contributed by atoms with van der Waals surface area (Å²) in [4.78, 5) is 0. The smallest absolute Gasteiger partial charge is 0.368 e. The highest BCUT2D eigenvalue weighted by Gasteiger charge is 2.25. The first-order valence-corrected chi connectivity index (χ1v) is 4.69. The fraction of sp³-hybridized carbons (Fsp3) is 0.545. The molecule has 0 aliphatic heterocycles. The van der Waals surface area contributed by atoms with Crippen molar-refractivity contribution in [3.63, 3.8) is 0 Å². The molecule has 0 unspecified atom stereocenters. The minimum Gasteiger partial charge on any atom is -0.445 e. The van der Waals surface area contributed by atoms with E-state index >= 15 is 0 Å². The molecule has 0 fully saturated rings. The van der Waals surface area contributed by atoms with Gasteiger partial charge in [-0.05, 0) is 13.0 Å². The Bertz CT molecular complexity index is 276. The molecule has 1 aromatic heterocycles. The Hall–Kier alpha value is -1.05. The fourth-order valence-electron chi connectivity index (χ4n) is 1.25. The molecule has 1 aromatic rings. The molecule has 0 aromatic carbocycles. The number of hydrogen-bond acceptors (Lipinski definition) is 1. The highest BCUT2D eigenvalue weighted by Crippen LogP contribution is 2.11. The Morgan fingerprint density at radius 3 is 2.54 bits per heavy atom. The highest BCUT2D eigenvalue weighted by atomic mass is 16.5. The molecular weight excluding hydrogens is 162 g/mol. The molecule has 0 aliphatic carbocycles. The molecule has 0 aliphatic rings. The summed E-state index contributed by atoms with van der Waals surface area (Å²) in [7, 11) is 0. The largest absolute Gasteiger partial charge is 0.445 e. The molecule has 0 atom stereocenters. The van der Waals surface area contributed by atoms with Gasteiger partial charge in [0.25, 0.3) is 0 Å². The first-order chi connectivity index (χ1) is 6.05. The predicted molar refractivity (Wildman–Crippen MR) is 52.8 cm³/mol. The minimum absolute atomic E-state index is 0.0752. The van der Waals surface area contributed by atoms with Crippen LogP contribution in [0.5, 0.6) is 5.88 Å². The lowest BCUT2D eigenvalue weighted by molar-refractivity contribution is -0.757. The zero-order valence-electron chi connectivity index (χ0n) is 8.87. The summed E-state index contributed by atoms with van der Waals surface area (Å²) < 4.78 is 7.66. The lowest BCUT2D eigenvalue weighted by atomic mass is 10.1. The quantitative estimate of drug-likeness (QED) is 0.635. The minimum atomic E-state index is 0.0752. The van der Waals surface area contributed by atoms with E-state index < -0.39 is 0 Å². The van der Waals surface area contributed by atoms with Crippen LogP contribution >= 0.6 is 0 Å². The summed E-state index contributed by atoms with van der Waals surface area (Å²) in [6.07, 6.45) is 2.05. The van der Waals surface area contributed by atoms with Crippen molar-refractivity contribution in [1.29, 1.82) is 0 Å². The van der Waals surface area contributed by atoms with Crippen molar-refractivity contribution in [1.82, 2.24) is 0 Å². The summed E-state index contributed by atoms with van der Waals surface area (Å²) in [5.74, 6) is 0.928. The Morgan fingerprint density at radius 2 is 2.00 bits per heavy atom. The standard InChI is InChI=1S/C11H18NO/c1-5-13-10-8-6-7-9-12(10)11(2,3)4/h6-9H,5H2,1-4H3/q+1. The van der Waals surface area contributed by atoms with Gasteiger partial charge in [-0.2, -0.15) is 4.57 Å². The second-order valence-corrected chi connectivity index (χ2v) is 4.01. The van der Waals surface area contributed by atoms with Gasteiger partial charge < -0.3 is 4.74 Å². The SMILES string of the molecule is CCOc1cccc[n+]1C(C)(C)C. The zero-order valence-corrected chi connectivity index (χ0v) is 8.87. The molecule has 2 nitrogen and oxygen atoms in total. The highest BCUT2D eigenvalue weighted by molar-refractivity contribution is 5.03. The number of hydrogen-bond donors (Lipinski definition) is 0. The molecule has 0 saturated carbocycles. The second-order valence-electron chi connectivity index (χ2n) is 4.01. The van der Waals surface area contributed by atoms with Crippen LogP contribution < -0.4 is 9.30 Å². The van der Waals surface area contributed by atoms with Gasteiger partial charge >= 0.3 is 5.88 Å². The van der Waals surface area contributed by atoms with Crippen LogP contribution in [-0.2, 0) is 5.54 Å². The summed E-state index contributed by atoms with van der Waals surface area (Å²) in [6.45, 7) is 9.20. The molecule has 0 N–H and O–H groups in total. The maximum absolute atomic E-state index is 5.53. The normalized spacial score (nSPS) is 11.4. The van der Waals surface area contributed by atoms with E-state index in [0.29, 0.717) is 6.61 Å². The van der Waals surface area contributed by atoms with Crippen molar-refractivity contribution in [2.24, 2.45) is 0 Å². The molecule has 0 radical (unpaired) electrons. The molecule has 1 rings (SSSR count). The van der Waals surface area contributed by atoms with Gasteiger partial charge in [-0.15, -0.1) is 0 Å². The molecule has 13 heavy (non-hydrogen) atoms. The lowest BCUT2D eigenvalue weighted by Crippen LogP contribution is -2.50. The monoisotopic (exact) mass is 180 g/mol. The van der Waals surface area contributed by atoms with E-state index in [9.17, 15) is 0 Å². The summed E-state index contributed by atoms with van der Waals surface area (Å²) in [6, 6.07) is 6.01. The van der Waals surface area contributed by atoms with Crippen LogP contribution in [0.4, 0.5) is 0 Å². The number of ether oxygens (including phenoxy) is 1. The summed E-state index contributed by atoms with van der Waals surface area (Å²) in [5.41, 5.74) is 0.0752. The zero-order chi connectivity index (χ0) is 9.90. The van der Waals surface area contributed by atoms with E-state index in [-0.39, 0.29) is 5.54 Å². The average molecular weight is 180 g/mol. The van der Waals surface area contributed by atoms with Gasteiger partial charge in [-0.1, -0.05) is 0 Å². The van der Waals surface area contributed by atoms with Crippen molar-refractivity contribution in [3.8, 4) is 5.88 Å². The summed E-state index contributed by atoms with van der Waals surface area (Å²) >= 11 is 0. The third kappa shape index (κ3) is 2.44. The maximum atomic E-state index is 5.53. The molecule has 72 valence electrons. The molecule has 0 saturated heterocycles. The van der Waals surface area contributed by atoms with E-state index in [2.05, 4.69) is 25.3 Å². The first kappa shape index (κ1) is 10.0. The Kier molecular flexibility index (Phi) is 2.91. The van der Waals surface area contributed by atoms with Crippen LogP contribution in [-0.4, -0.2) is 6.61 Å². The van der Waals surface area contributed by atoms with E-state index in [1.807, 2.05) is 31.3 Å². The van der Waals surface area contributed by atoms with Gasteiger partial charge in [0.05, 0.1) is 12.7 Å². The molecule has 2 heteroatoms. The van der Waals surface area contributed by atoms with Crippen molar-refractivity contribution in [2.45, 2.75) is 33.2 Å². The van der Waals surface area contributed by atoms with Gasteiger partial charge in [0, 0.05) is 26.8 Å². The molecule has 0 bridgehead atoms. The third-order valence-electron chi connectivity index (χ3n) is 1.84. The topological polar surface area (TPSA) is 13.1 Å². The van der Waals surface area contributed by atoms with Crippen LogP contribution in [0.25, 0.3) is 0 Å². The van der Waals surface area contributed by atoms with Gasteiger partial charge in [-0.3, -0.25) is 0 Å². The Balaban J connectivity index is 3.05. The van der Waals surface area contributed by atoms with E-state index in [0.717, 1.165) is 5.88 Å². The van der Waals surface area contributed by atoms with Crippen LogP contribution in [0.15, 0.2) is 24.4 Å². The fourth-order valence-corrected chi connectivity index (χ4v) is 1.25. The number of aromatic nitrogens is 1. The predicted octanol–water partition coefficient (Wildman–Crippen LogP) is 2.13.